The van der Waals surface area contributed by atoms with Gasteiger partial charge in [-0.2, -0.15) is 0 Å². The van der Waals surface area contributed by atoms with Crippen molar-refractivity contribution >= 4 is 5.69 Å². The van der Waals surface area contributed by atoms with Crippen LogP contribution in [0.4, 0.5) is 5.69 Å². The molecular formula is C15H25NO2. The van der Waals surface area contributed by atoms with Crippen LogP contribution < -0.4 is 10.1 Å². The summed E-state index contributed by atoms with van der Waals surface area (Å²) in [5, 5.41) is 12.1. The summed E-state index contributed by atoms with van der Waals surface area (Å²) in [4.78, 5) is 0. The minimum atomic E-state index is 0.261. The predicted octanol–water partition coefficient (Wildman–Crippen LogP) is 3.44. The second-order valence-corrected chi connectivity index (χ2v) is 4.41. The molecule has 3 heteroatoms. The summed E-state index contributed by atoms with van der Waals surface area (Å²) in [6.45, 7) is 4.10. The molecule has 1 aromatic rings. The van der Waals surface area contributed by atoms with Gasteiger partial charge in [0.1, 0.15) is 5.75 Å². The van der Waals surface area contributed by atoms with Gasteiger partial charge < -0.3 is 15.2 Å². The third kappa shape index (κ3) is 5.92. The van der Waals surface area contributed by atoms with Crippen LogP contribution >= 0.6 is 0 Å². The maximum atomic E-state index is 8.73. The van der Waals surface area contributed by atoms with E-state index < -0.39 is 0 Å². The number of para-hydroxylation sites is 2. The first-order valence-electron chi connectivity index (χ1n) is 6.95. The van der Waals surface area contributed by atoms with Crippen LogP contribution in [0.1, 0.15) is 39.0 Å². The number of rotatable bonds is 10. The van der Waals surface area contributed by atoms with E-state index in [-0.39, 0.29) is 6.61 Å². The van der Waals surface area contributed by atoms with Crippen molar-refractivity contribution < 1.29 is 9.84 Å². The second-order valence-electron chi connectivity index (χ2n) is 4.41. The number of ether oxygens (including phenoxy) is 1. The molecule has 1 aromatic carbocycles. The molecule has 0 aliphatic rings. The predicted molar refractivity (Wildman–Crippen MR) is 76.3 cm³/mol. The zero-order valence-electron chi connectivity index (χ0n) is 11.3. The number of aliphatic hydroxyl groups excluding tert-OH is 1. The highest BCUT2D eigenvalue weighted by Crippen LogP contribution is 2.23. The lowest BCUT2D eigenvalue weighted by atomic mass is 10.2. The van der Waals surface area contributed by atoms with Gasteiger partial charge in [-0.05, 0) is 31.4 Å². The van der Waals surface area contributed by atoms with Gasteiger partial charge >= 0.3 is 0 Å². The molecule has 0 bridgehead atoms. The summed E-state index contributed by atoms with van der Waals surface area (Å²) in [5.74, 6) is 0.928. The number of aliphatic hydroxyl groups is 1. The lowest BCUT2D eigenvalue weighted by Crippen LogP contribution is -2.05. The molecule has 0 amide bonds. The van der Waals surface area contributed by atoms with Gasteiger partial charge in [0.15, 0.2) is 0 Å². The smallest absolute Gasteiger partial charge is 0.142 e. The van der Waals surface area contributed by atoms with Gasteiger partial charge in [-0.3, -0.25) is 0 Å². The molecule has 1 rings (SSSR count). The van der Waals surface area contributed by atoms with E-state index in [1.165, 1.54) is 12.8 Å². The van der Waals surface area contributed by atoms with Crippen molar-refractivity contribution in [2.45, 2.75) is 39.0 Å². The first-order valence-corrected chi connectivity index (χ1v) is 6.95. The SMILES string of the molecule is CCCCCOc1ccccc1NCCCCO. The molecule has 0 radical (unpaired) electrons. The Morgan fingerprint density at radius 3 is 2.72 bits per heavy atom. The topological polar surface area (TPSA) is 41.5 Å². The number of anilines is 1. The molecule has 102 valence electrons. The van der Waals surface area contributed by atoms with Crippen molar-refractivity contribution in [3.63, 3.8) is 0 Å². The van der Waals surface area contributed by atoms with Crippen molar-refractivity contribution in [1.82, 2.24) is 0 Å². The number of hydrogen-bond acceptors (Lipinski definition) is 3. The molecule has 0 spiro atoms. The number of hydrogen-bond donors (Lipinski definition) is 2. The maximum absolute atomic E-state index is 8.73. The summed E-state index contributed by atoms with van der Waals surface area (Å²) in [7, 11) is 0. The second kappa shape index (κ2) is 9.77. The molecule has 0 saturated carbocycles. The van der Waals surface area contributed by atoms with Crippen molar-refractivity contribution in [1.29, 1.82) is 0 Å². The third-order valence-corrected chi connectivity index (χ3v) is 2.79. The van der Waals surface area contributed by atoms with Gasteiger partial charge in [-0.15, -0.1) is 0 Å². The lowest BCUT2D eigenvalue weighted by Gasteiger charge is -2.12. The van der Waals surface area contributed by atoms with E-state index in [1.807, 2.05) is 24.3 Å². The highest BCUT2D eigenvalue weighted by Gasteiger charge is 2.01. The van der Waals surface area contributed by atoms with E-state index in [2.05, 4.69) is 12.2 Å². The standard InChI is InChI=1S/C15H25NO2/c1-2-3-8-13-18-15-10-5-4-9-14(15)16-11-6-7-12-17/h4-5,9-10,16-17H,2-3,6-8,11-13H2,1H3. The Hall–Kier alpha value is -1.22. The Morgan fingerprint density at radius 2 is 1.94 bits per heavy atom. The fourth-order valence-electron chi connectivity index (χ4n) is 1.73. The van der Waals surface area contributed by atoms with Gasteiger partial charge in [-0.1, -0.05) is 31.9 Å². The van der Waals surface area contributed by atoms with E-state index in [9.17, 15) is 0 Å². The summed E-state index contributed by atoms with van der Waals surface area (Å²) in [5.41, 5.74) is 1.05. The van der Waals surface area contributed by atoms with Crippen LogP contribution in [0.2, 0.25) is 0 Å². The van der Waals surface area contributed by atoms with E-state index in [0.717, 1.165) is 43.9 Å². The van der Waals surface area contributed by atoms with E-state index in [1.54, 1.807) is 0 Å². The van der Waals surface area contributed by atoms with Gasteiger partial charge in [0.05, 0.1) is 12.3 Å². The molecule has 0 atom stereocenters. The van der Waals surface area contributed by atoms with Crippen molar-refractivity contribution in [3.8, 4) is 5.75 Å². The van der Waals surface area contributed by atoms with E-state index in [0.29, 0.717) is 0 Å². The van der Waals surface area contributed by atoms with Crippen LogP contribution in [-0.4, -0.2) is 24.9 Å². The van der Waals surface area contributed by atoms with Crippen LogP contribution in [-0.2, 0) is 0 Å². The van der Waals surface area contributed by atoms with Gasteiger partial charge in [0.25, 0.3) is 0 Å². The Morgan fingerprint density at radius 1 is 1.11 bits per heavy atom. The van der Waals surface area contributed by atoms with E-state index in [4.69, 9.17) is 9.84 Å². The highest BCUT2D eigenvalue weighted by atomic mass is 16.5. The average molecular weight is 251 g/mol. The maximum Gasteiger partial charge on any atom is 0.142 e. The first-order chi connectivity index (χ1) is 8.88. The fourth-order valence-corrected chi connectivity index (χ4v) is 1.73. The van der Waals surface area contributed by atoms with Crippen molar-refractivity contribution in [2.24, 2.45) is 0 Å². The Bertz CT molecular complexity index is 284. The molecule has 0 fully saturated rings. The zero-order valence-corrected chi connectivity index (χ0v) is 11.3. The van der Waals surface area contributed by atoms with Crippen LogP contribution in [0, 0.1) is 0 Å². The Kier molecular flexibility index (Phi) is 8.06. The van der Waals surface area contributed by atoms with E-state index >= 15 is 0 Å². The Labute approximate surface area is 110 Å². The normalized spacial score (nSPS) is 10.3. The molecule has 0 aliphatic heterocycles. The van der Waals surface area contributed by atoms with Gasteiger partial charge in [-0.25, -0.2) is 0 Å². The van der Waals surface area contributed by atoms with Gasteiger partial charge in [0.2, 0.25) is 0 Å². The van der Waals surface area contributed by atoms with Crippen LogP contribution in [0.5, 0.6) is 5.75 Å². The molecular weight excluding hydrogens is 226 g/mol. The fraction of sp³-hybridized carbons (Fsp3) is 0.600. The molecule has 0 unspecified atom stereocenters. The molecule has 2 N–H and O–H groups in total. The minimum absolute atomic E-state index is 0.261. The summed E-state index contributed by atoms with van der Waals surface area (Å²) in [6, 6.07) is 8.04. The number of benzene rings is 1. The highest BCUT2D eigenvalue weighted by molar-refractivity contribution is 5.56. The third-order valence-electron chi connectivity index (χ3n) is 2.79. The number of nitrogens with one attached hydrogen (secondary N) is 1. The molecule has 0 aromatic heterocycles. The molecule has 18 heavy (non-hydrogen) atoms. The van der Waals surface area contributed by atoms with Gasteiger partial charge in [0, 0.05) is 13.2 Å². The lowest BCUT2D eigenvalue weighted by molar-refractivity contribution is 0.286. The monoisotopic (exact) mass is 251 g/mol. The van der Waals surface area contributed by atoms with Crippen molar-refractivity contribution in [3.05, 3.63) is 24.3 Å². The van der Waals surface area contributed by atoms with Crippen LogP contribution in [0.15, 0.2) is 24.3 Å². The zero-order chi connectivity index (χ0) is 13.1. The molecule has 3 nitrogen and oxygen atoms in total. The van der Waals surface area contributed by atoms with Crippen molar-refractivity contribution in [2.75, 3.05) is 25.1 Å². The number of unbranched alkanes of at least 4 members (excludes halogenated alkanes) is 3. The first kappa shape index (κ1) is 14.8. The molecule has 0 aliphatic carbocycles. The van der Waals surface area contributed by atoms with Crippen LogP contribution in [0.25, 0.3) is 0 Å². The molecule has 0 saturated heterocycles. The molecule has 0 heterocycles. The summed E-state index contributed by atoms with van der Waals surface area (Å²) in [6.07, 6.45) is 5.35. The Balaban J connectivity index is 2.36. The van der Waals surface area contributed by atoms with Crippen LogP contribution in [0.3, 0.4) is 0 Å². The average Bonchev–Trinajstić information content (AvgIpc) is 2.41. The quantitative estimate of drug-likeness (QED) is 0.626. The summed E-state index contributed by atoms with van der Waals surface area (Å²) < 4.78 is 5.78. The largest absolute Gasteiger partial charge is 0.491 e. The summed E-state index contributed by atoms with van der Waals surface area (Å²) >= 11 is 0. The minimum Gasteiger partial charge on any atom is -0.491 e.